The highest BCUT2D eigenvalue weighted by atomic mass is 79.9. The number of ether oxygens (including phenoxy) is 1. The summed E-state index contributed by atoms with van der Waals surface area (Å²) < 4.78 is 6.57. The number of benzene rings is 2. The Balaban J connectivity index is 1.51. The van der Waals surface area contributed by atoms with E-state index in [2.05, 4.69) is 26.1 Å². The Hall–Kier alpha value is -2.54. The van der Waals surface area contributed by atoms with E-state index >= 15 is 0 Å². The zero-order valence-electron chi connectivity index (χ0n) is 18.6. The van der Waals surface area contributed by atoms with E-state index in [0.29, 0.717) is 5.75 Å². The monoisotopic (exact) mass is 487 g/mol. The standard InChI is InChI=1S/C24H30BrN3O3/c1-16(2)24(30)28-11-9-27(10-12-28)20-7-5-19(6-8-20)26-22(29)15-31-23-18(4)13-17(3)14-21(23)25/h5-8,13-14,16H,9-12,15H2,1-4H3,(H,26,29). The van der Waals surface area contributed by atoms with Crippen LogP contribution < -0.4 is 15.0 Å². The van der Waals surface area contributed by atoms with Gasteiger partial charge in [0.25, 0.3) is 5.91 Å². The lowest BCUT2D eigenvalue weighted by Crippen LogP contribution is -2.49. The van der Waals surface area contributed by atoms with E-state index in [9.17, 15) is 9.59 Å². The number of carbonyl (C=O) groups excluding carboxylic acids is 2. The van der Waals surface area contributed by atoms with Gasteiger partial charge in [-0.05, 0) is 71.2 Å². The van der Waals surface area contributed by atoms with Gasteiger partial charge in [0.2, 0.25) is 5.91 Å². The van der Waals surface area contributed by atoms with Crippen molar-refractivity contribution in [3.63, 3.8) is 0 Å². The molecule has 0 atom stereocenters. The largest absolute Gasteiger partial charge is 0.482 e. The van der Waals surface area contributed by atoms with Crippen molar-refractivity contribution >= 4 is 39.1 Å². The third-order valence-electron chi connectivity index (χ3n) is 5.32. The summed E-state index contributed by atoms with van der Waals surface area (Å²) in [4.78, 5) is 28.7. The second-order valence-electron chi connectivity index (χ2n) is 8.24. The Bertz CT molecular complexity index is 913. The number of hydrogen-bond donors (Lipinski definition) is 1. The fourth-order valence-electron chi connectivity index (χ4n) is 3.73. The van der Waals surface area contributed by atoms with Crippen molar-refractivity contribution in [2.24, 2.45) is 5.92 Å². The Kier molecular flexibility index (Phi) is 7.59. The first kappa shape index (κ1) is 23.1. The first-order valence-corrected chi connectivity index (χ1v) is 11.4. The van der Waals surface area contributed by atoms with Gasteiger partial charge in [-0.15, -0.1) is 0 Å². The van der Waals surface area contributed by atoms with E-state index in [4.69, 9.17) is 4.74 Å². The van der Waals surface area contributed by atoms with Crippen LogP contribution in [0.15, 0.2) is 40.9 Å². The lowest BCUT2D eigenvalue weighted by molar-refractivity contribution is -0.134. The third-order valence-corrected chi connectivity index (χ3v) is 5.91. The molecule has 0 radical (unpaired) electrons. The van der Waals surface area contributed by atoms with Crippen LogP contribution in [0.4, 0.5) is 11.4 Å². The molecule has 1 N–H and O–H groups in total. The molecule has 1 heterocycles. The van der Waals surface area contributed by atoms with Crippen molar-refractivity contribution in [3.05, 3.63) is 52.0 Å². The quantitative estimate of drug-likeness (QED) is 0.656. The summed E-state index contributed by atoms with van der Waals surface area (Å²) in [5.41, 5.74) is 3.93. The Morgan fingerprint density at radius 2 is 1.71 bits per heavy atom. The highest BCUT2D eigenvalue weighted by Crippen LogP contribution is 2.30. The summed E-state index contributed by atoms with van der Waals surface area (Å²) in [5, 5.41) is 2.88. The van der Waals surface area contributed by atoms with Gasteiger partial charge in [0.05, 0.1) is 4.47 Å². The van der Waals surface area contributed by atoms with Crippen LogP contribution in [0, 0.1) is 19.8 Å². The normalized spacial score (nSPS) is 14.0. The van der Waals surface area contributed by atoms with Crippen molar-refractivity contribution in [3.8, 4) is 5.75 Å². The molecular weight excluding hydrogens is 458 g/mol. The van der Waals surface area contributed by atoms with E-state index in [-0.39, 0.29) is 24.3 Å². The van der Waals surface area contributed by atoms with Gasteiger partial charge >= 0.3 is 0 Å². The van der Waals surface area contributed by atoms with Gasteiger partial charge in [-0.25, -0.2) is 0 Å². The number of halogens is 1. The van der Waals surface area contributed by atoms with Crippen LogP contribution in [0.1, 0.15) is 25.0 Å². The van der Waals surface area contributed by atoms with Crippen LogP contribution in [0.5, 0.6) is 5.75 Å². The minimum Gasteiger partial charge on any atom is -0.482 e. The average Bonchev–Trinajstić information content (AvgIpc) is 2.73. The molecule has 0 unspecified atom stereocenters. The van der Waals surface area contributed by atoms with E-state index in [1.165, 1.54) is 0 Å². The maximum Gasteiger partial charge on any atom is 0.262 e. The van der Waals surface area contributed by atoms with Crippen molar-refractivity contribution in [2.75, 3.05) is 43.0 Å². The van der Waals surface area contributed by atoms with Gasteiger partial charge in [-0.3, -0.25) is 9.59 Å². The van der Waals surface area contributed by atoms with Crippen LogP contribution in [-0.2, 0) is 9.59 Å². The maximum absolute atomic E-state index is 12.3. The highest BCUT2D eigenvalue weighted by molar-refractivity contribution is 9.10. The van der Waals surface area contributed by atoms with E-state index in [1.807, 2.05) is 69.0 Å². The molecule has 31 heavy (non-hydrogen) atoms. The number of anilines is 2. The van der Waals surface area contributed by atoms with Crippen LogP contribution in [0.25, 0.3) is 0 Å². The number of amides is 2. The Labute approximate surface area is 192 Å². The maximum atomic E-state index is 12.3. The fraction of sp³-hybridized carbons (Fsp3) is 0.417. The number of piperazine rings is 1. The smallest absolute Gasteiger partial charge is 0.262 e. The summed E-state index contributed by atoms with van der Waals surface area (Å²) in [7, 11) is 0. The van der Waals surface area contributed by atoms with Gasteiger partial charge in [0, 0.05) is 43.5 Å². The molecule has 2 aromatic rings. The summed E-state index contributed by atoms with van der Waals surface area (Å²) >= 11 is 3.50. The zero-order valence-corrected chi connectivity index (χ0v) is 20.2. The summed E-state index contributed by atoms with van der Waals surface area (Å²) in [5.74, 6) is 0.730. The number of rotatable bonds is 6. The van der Waals surface area contributed by atoms with Crippen molar-refractivity contribution < 1.29 is 14.3 Å². The van der Waals surface area contributed by atoms with Crippen LogP contribution >= 0.6 is 15.9 Å². The zero-order chi connectivity index (χ0) is 22.5. The van der Waals surface area contributed by atoms with Gasteiger partial charge < -0.3 is 19.9 Å². The topological polar surface area (TPSA) is 61.9 Å². The number of nitrogens with zero attached hydrogens (tertiary/aromatic N) is 2. The van der Waals surface area contributed by atoms with Gasteiger partial charge in [0.1, 0.15) is 5.75 Å². The van der Waals surface area contributed by atoms with Crippen LogP contribution in [0.2, 0.25) is 0 Å². The molecule has 3 rings (SSSR count). The molecule has 2 aromatic carbocycles. The van der Waals surface area contributed by atoms with Crippen molar-refractivity contribution in [2.45, 2.75) is 27.7 Å². The summed E-state index contributed by atoms with van der Waals surface area (Å²) in [6, 6.07) is 11.8. The average molecular weight is 488 g/mol. The molecule has 0 bridgehead atoms. The molecule has 1 aliphatic rings. The molecule has 0 aromatic heterocycles. The number of nitrogens with one attached hydrogen (secondary N) is 1. The van der Waals surface area contributed by atoms with Gasteiger partial charge in [0.15, 0.2) is 6.61 Å². The number of aryl methyl sites for hydroxylation is 2. The lowest BCUT2D eigenvalue weighted by atomic mass is 10.1. The van der Waals surface area contributed by atoms with E-state index in [1.54, 1.807) is 0 Å². The molecule has 1 aliphatic heterocycles. The molecule has 0 aliphatic carbocycles. The summed E-state index contributed by atoms with van der Waals surface area (Å²) in [6.07, 6.45) is 0. The minimum atomic E-state index is -0.208. The number of carbonyl (C=O) groups is 2. The van der Waals surface area contributed by atoms with Crippen LogP contribution in [0.3, 0.4) is 0 Å². The second kappa shape index (κ2) is 10.2. The predicted molar refractivity (Wildman–Crippen MR) is 128 cm³/mol. The van der Waals surface area contributed by atoms with E-state index in [0.717, 1.165) is 53.2 Å². The minimum absolute atomic E-state index is 0.0365. The first-order chi connectivity index (χ1) is 14.7. The second-order valence-corrected chi connectivity index (χ2v) is 9.10. The van der Waals surface area contributed by atoms with Crippen molar-refractivity contribution in [1.29, 1.82) is 0 Å². The molecule has 0 spiro atoms. The summed E-state index contributed by atoms with van der Waals surface area (Å²) in [6.45, 7) is 10.9. The predicted octanol–water partition coefficient (Wildman–Crippen LogP) is 4.39. The van der Waals surface area contributed by atoms with E-state index < -0.39 is 0 Å². The SMILES string of the molecule is Cc1cc(C)c(OCC(=O)Nc2ccc(N3CCN(C(=O)C(C)C)CC3)cc2)c(Br)c1. The molecule has 7 heteroatoms. The molecule has 2 amide bonds. The Morgan fingerprint density at radius 1 is 1.06 bits per heavy atom. The fourth-order valence-corrected chi connectivity index (χ4v) is 4.51. The molecule has 1 fully saturated rings. The van der Waals surface area contributed by atoms with Crippen LogP contribution in [-0.4, -0.2) is 49.5 Å². The molecule has 6 nitrogen and oxygen atoms in total. The lowest BCUT2D eigenvalue weighted by Gasteiger charge is -2.37. The molecule has 0 saturated carbocycles. The number of hydrogen-bond acceptors (Lipinski definition) is 4. The first-order valence-electron chi connectivity index (χ1n) is 10.6. The Morgan fingerprint density at radius 3 is 2.29 bits per heavy atom. The highest BCUT2D eigenvalue weighted by Gasteiger charge is 2.22. The molecule has 1 saturated heterocycles. The molecule has 166 valence electrons. The third kappa shape index (κ3) is 6.00. The van der Waals surface area contributed by atoms with Gasteiger partial charge in [-0.1, -0.05) is 19.9 Å². The van der Waals surface area contributed by atoms with Crippen molar-refractivity contribution in [1.82, 2.24) is 4.90 Å². The molecular formula is C24H30BrN3O3. The van der Waals surface area contributed by atoms with Gasteiger partial charge in [-0.2, -0.15) is 0 Å².